The van der Waals surface area contributed by atoms with Gasteiger partial charge in [0, 0.05) is 54.5 Å². The van der Waals surface area contributed by atoms with Crippen molar-refractivity contribution in [3.05, 3.63) is 41.2 Å². The Morgan fingerprint density at radius 2 is 1.94 bits per heavy atom. The number of nitrogens with zero attached hydrogens (tertiary/aromatic N) is 5. The molecule has 4 heterocycles. The van der Waals surface area contributed by atoms with E-state index in [4.69, 9.17) is 21.2 Å². The van der Waals surface area contributed by atoms with E-state index in [-0.39, 0.29) is 6.04 Å². The highest BCUT2D eigenvalue weighted by Gasteiger charge is 2.30. The second-order valence-electron chi connectivity index (χ2n) is 9.14. The molecule has 0 unspecified atom stereocenters. The third kappa shape index (κ3) is 4.14. The number of benzene rings is 1. The van der Waals surface area contributed by atoms with Crippen LogP contribution in [0.1, 0.15) is 29.8 Å². The number of fused-ring (bicyclic) bond motifs is 2. The molecule has 2 atom stereocenters. The summed E-state index contributed by atoms with van der Waals surface area (Å²) in [5.74, 6) is 1.67. The predicted octanol–water partition coefficient (Wildman–Crippen LogP) is 2.50. The van der Waals surface area contributed by atoms with Gasteiger partial charge in [-0.1, -0.05) is 0 Å². The molecular formula is C24H32N8O. The van der Waals surface area contributed by atoms with Crippen LogP contribution in [0.4, 0.5) is 23.0 Å². The maximum absolute atomic E-state index is 6.36. The molecule has 2 fully saturated rings. The summed E-state index contributed by atoms with van der Waals surface area (Å²) in [5.41, 5.74) is 16.6. The van der Waals surface area contributed by atoms with E-state index in [0.29, 0.717) is 17.5 Å². The molecule has 9 heteroatoms. The van der Waals surface area contributed by atoms with Gasteiger partial charge in [-0.05, 0) is 50.1 Å². The zero-order valence-electron chi connectivity index (χ0n) is 19.5. The molecule has 2 saturated heterocycles. The highest BCUT2D eigenvalue weighted by atomic mass is 16.5. The van der Waals surface area contributed by atoms with Crippen LogP contribution in [0, 0.1) is 13.8 Å². The van der Waals surface area contributed by atoms with Crippen molar-refractivity contribution >= 4 is 33.8 Å². The van der Waals surface area contributed by atoms with Crippen LogP contribution in [0.15, 0.2) is 24.4 Å². The van der Waals surface area contributed by atoms with Crippen LogP contribution < -0.4 is 21.7 Å². The number of nitrogens with two attached hydrogens (primary N) is 2. The van der Waals surface area contributed by atoms with Crippen molar-refractivity contribution in [3.63, 3.8) is 0 Å². The molecule has 174 valence electrons. The fourth-order valence-electron chi connectivity index (χ4n) is 4.89. The van der Waals surface area contributed by atoms with Crippen LogP contribution in [-0.2, 0) is 4.74 Å². The number of nitrogen functional groups attached to an aromatic ring is 2. The third-order valence-corrected chi connectivity index (χ3v) is 6.86. The Hall–Kier alpha value is -3.17. The van der Waals surface area contributed by atoms with Gasteiger partial charge in [-0.15, -0.1) is 5.10 Å². The Bertz CT molecular complexity index is 1180. The lowest BCUT2D eigenvalue weighted by Gasteiger charge is -2.44. The van der Waals surface area contributed by atoms with Gasteiger partial charge >= 0.3 is 0 Å². The average Bonchev–Trinajstić information content (AvgIpc) is 2.82. The molecule has 33 heavy (non-hydrogen) atoms. The lowest BCUT2D eigenvalue weighted by Crippen LogP contribution is -2.58. The number of rotatable bonds is 4. The number of hydrogen-bond donors (Lipinski definition) is 3. The molecule has 2 aromatic heterocycles. The molecule has 5 N–H and O–H groups in total. The zero-order chi connectivity index (χ0) is 23.1. The zero-order valence-corrected chi connectivity index (χ0v) is 19.5. The molecule has 0 radical (unpaired) electrons. The number of piperazine rings is 1. The van der Waals surface area contributed by atoms with Crippen LogP contribution >= 0.6 is 0 Å². The number of ether oxygens (including phenoxy) is 1. The summed E-state index contributed by atoms with van der Waals surface area (Å²) in [6, 6.07) is 6.26. The van der Waals surface area contributed by atoms with E-state index in [0.717, 1.165) is 78.5 Å². The SMILES string of the molecule is Cc1cc(N)cc([C@@H](C)Nc2nnc(C)c3cnc(N4CCN5CCOC[C@@H]5C4)cc23)c1N. The molecular weight excluding hydrogens is 416 g/mol. The van der Waals surface area contributed by atoms with Crippen molar-refractivity contribution in [1.29, 1.82) is 0 Å². The number of nitrogens with one attached hydrogen (secondary N) is 1. The van der Waals surface area contributed by atoms with Gasteiger partial charge in [0.15, 0.2) is 5.82 Å². The Morgan fingerprint density at radius 1 is 1.09 bits per heavy atom. The second-order valence-corrected chi connectivity index (χ2v) is 9.14. The summed E-state index contributed by atoms with van der Waals surface area (Å²) in [7, 11) is 0. The number of pyridine rings is 1. The first kappa shape index (κ1) is 21.7. The third-order valence-electron chi connectivity index (χ3n) is 6.86. The van der Waals surface area contributed by atoms with Gasteiger partial charge in [-0.2, -0.15) is 5.10 Å². The van der Waals surface area contributed by atoms with E-state index in [1.165, 1.54) is 0 Å². The van der Waals surface area contributed by atoms with Gasteiger partial charge in [0.05, 0.1) is 31.0 Å². The first-order chi connectivity index (χ1) is 15.9. The maximum atomic E-state index is 6.36. The van der Waals surface area contributed by atoms with Gasteiger partial charge in [-0.3, -0.25) is 4.90 Å². The number of aryl methyl sites for hydroxylation is 2. The highest BCUT2D eigenvalue weighted by Crippen LogP contribution is 2.32. The molecule has 2 aliphatic rings. The lowest BCUT2D eigenvalue weighted by molar-refractivity contribution is -0.0117. The first-order valence-electron chi connectivity index (χ1n) is 11.5. The minimum absolute atomic E-state index is 0.0908. The molecule has 3 aromatic rings. The minimum Gasteiger partial charge on any atom is -0.399 e. The minimum atomic E-state index is -0.0908. The fourth-order valence-corrected chi connectivity index (χ4v) is 4.89. The molecule has 0 aliphatic carbocycles. The summed E-state index contributed by atoms with van der Waals surface area (Å²) in [5, 5.41) is 14.4. The van der Waals surface area contributed by atoms with Crippen LogP contribution in [0.2, 0.25) is 0 Å². The Kier molecular flexibility index (Phi) is 5.67. The maximum Gasteiger partial charge on any atom is 0.157 e. The van der Waals surface area contributed by atoms with Crippen molar-refractivity contribution in [2.45, 2.75) is 32.9 Å². The van der Waals surface area contributed by atoms with Crippen LogP contribution in [0.3, 0.4) is 0 Å². The molecule has 0 spiro atoms. The van der Waals surface area contributed by atoms with E-state index >= 15 is 0 Å². The molecule has 0 bridgehead atoms. The number of anilines is 4. The largest absolute Gasteiger partial charge is 0.399 e. The van der Waals surface area contributed by atoms with E-state index in [2.05, 4.69) is 38.3 Å². The quantitative estimate of drug-likeness (QED) is 0.517. The molecule has 5 rings (SSSR count). The van der Waals surface area contributed by atoms with E-state index in [1.54, 1.807) is 0 Å². The van der Waals surface area contributed by atoms with Gasteiger partial charge in [0.1, 0.15) is 5.82 Å². The highest BCUT2D eigenvalue weighted by molar-refractivity contribution is 5.94. The Morgan fingerprint density at radius 3 is 2.79 bits per heavy atom. The second kappa shape index (κ2) is 8.64. The van der Waals surface area contributed by atoms with Gasteiger partial charge in [0.25, 0.3) is 0 Å². The monoisotopic (exact) mass is 448 g/mol. The molecule has 9 nitrogen and oxygen atoms in total. The summed E-state index contributed by atoms with van der Waals surface area (Å²) in [4.78, 5) is 9.64. The van der Waals surface area contributed by atoms with Crippen molar-refractivity contribution in [2.24, 2.45) is 0 Å². The smallest absolute Gasteiger partial charge is 0.157 e. The number of aromatic nitrogens is 3. The van der Waals surface area contributed by atoms with Gasteiger partial charge in [-0.25, -0.2) is 4.98 Å². The van der Waals surface area contributed by atoms with Crippen molar-refractivity contribution in [1.82, 2.24) is 20.1 Å². The van der Waals surface area contributed by atoms with Crippen LogP contribution in [0.25, 0.3) is 10.8 Å². The first-order valence-corrected chi connectivity index (χ1v) is 11.5. The lowest BCUT2D eigenvalue weighted by atomic mass is 10.0. The topological polar surface area (TPSA) is 118 Å². The Labute approximate surface area is 194 Å². The fraction of sp³-hybridized carbons (Fsp3) is 0.458. The summed E-state index contributed by atoms with van der Waals surface area (Å²) < 4.78 is 5.70. The number of hydrogen-bond acceptors (Lipinski definition) is 9. The van der Waals surface area contributed by atoms with Crippen LogP contribution in [-0.4, -0.2) is 65.5 Å². The molecule has 0 saturated carbocycles. The summed E-state index contributed by atoms with van der Waals surface area (Å²) >= 11 is 0. The van der Waals surface area contributed by atoms with E-state index in [1.807, 2.05) is 32.2 Å². The Balaban J connectivity index is 1.46. The van der Waals surface area contributed by atoms with Crippen molar-refractivity contribution in [3.8, 4) is 0 Å². The molecule has 2 aliphatic heterocycles. The molecule has 0 amide bonds. The van der Waals surface area contributed by atoms with E-state index < -0.39 is 0 Å². The van der Waals surface area contributed by atoms with E-state index in [9.17, 15) is 0 Å². The molecule has 1 aromatic carbocycles. The van der Waals surface area contributed by atoms with Gasteiger partial charge in [0.2, 0.25) is 0 Å². The number of morpholine rings is 1. The standard InChI is InChI=1S/C24H32N8O/c1-14-8-17(25)9-19(23(14)26)15(2)28-24-20-10-22(27-11-21(20)16(3)29-30-24)32-5-4-31-6-7-33-13-18(31)12-32/h8-11,15,18H,4-7,12-13,25-26H2,1-3H3,(H,28,30)/t15-,18+/m1/s1. The summed E-state index contributed by atoms with van der Waals surface area (Å²) in [6.07, 6.45) is 1.91. The van der Waals surface area contributed by atoms with Crippen molar-refractivity contribution in [2.75, 3.05) is 61.1 Å². The summed E-state index contributed by atoms with van der Waals surface area (Å²) in [6.45, 7) is 11.5. The average molecular weight is 449 g/mol. The van der Waals surface area contributed by atoms with Gasteiger partial charge < -0.3 is 26.4 Å². The van der Waals surface area contributed by atoms with Crippen LogP contribution in [0.5, 0.6) is 0 Å². The normalized spacial score (nSPS) is 20.0. The van der Waals surface area contributed by atoms with Crippen molar-refractivity contribution < 1.29 is 4.74 Å². The predicted molar refractivity (Wildman–Crippen MR) is 133 cm³/mol.